The van der Waals surface area contributed by atoms with Crippen molar-refractivity contribution < 1.29 is 23.6 Å². The van der Waals surface area contributed by atoms with Gasteiger partial charge >= 0.3 is 18.9 Å². The van der Waals surface area contributed by atoms with Crippen LogP contribution in [0.25, 0.3) is 0 Å². The van der Waals surface area contributed by atoms with Crippen LogP contribution in [0.4, 0.5) is 0 Å². The molecule has 0 amide bonds. The molecule has 0 aliphatic rings. The van der Waals surface area contributed by atoms with Gasteiger partial charge in [0.1, 0.15) is 5.75 Å². The maximum atomic E-state index is 5.60. The summed E-state index contributed by atoms with van der Waals surface area (Å²) in [5, 5.41) is 1.08. The molecule has 0 spiro atoms. The van der Waals surface area contributed by atoms with E-state index in [2.05, 4.69) is 23.1 Å². The Morgan fingerprint density at radius 3 is 2.31 bits per heavy atom. The Balaban J connectivity index is 0.00000144. The monoisotopic (exact) mass is 188 g/mol. The summed E-state index contributed by atoms with van der Waals surface area (Å²) in [5.74, 6) is 0.936. The van der Waals surface area contributed by atoms with Crippen LogP contribution in [0.2, 0.25) is 0 Å². The quantitative estimate of drug-likeness (QED) is 0.465. The number of rotatable bonds is 3. The van der Waals surface area contributed by atoms with Crippen molar-refractivity contribution in [1.82, 2.24) is 0 Å². The molecule has 0 radical (unpaired) electrons. The first-order valence-corrected chi connectivity index (χ1v) is 4.70. The molecule has 66 valence electrons. The largest absolute Gasteiger partial charge is 1.00 e. The number of ether oxygens (including phenoxy) is 1. The summed E-state index contributed by atoms with van der Waals surface area (Å²) in [6.07, 6.45) is 1.33. The third-order valence-corrected chi connectivity index (χ3v) is 2.10. The summed E-state index contributed by atoms with van der Waals surface area (Å²) >= 11 is 0. The standard InChI is InChI=1S/C10H14OP.Li/c1-3-8(2)11-9-4-6-10(12)7-5-9;/h4-8,12H,3H2,1-2H3;/q-1;+1. The molecule has 1 aromatic rings. The third-order valence-electron chi connectivity index (χ3n) is 1.77. The van der Waals surface area contributed by atoms with Gasteiger partial charge in [-0.05, 0) is 25.5 Å². The minimum atomic E-state index is 0. The van der Waals surface area contributed by atoms with Crippen molar-refractivity contribution >= 4 is 14.5 Å². The molecule has 0 bridgehead atoms. The summed E-state index contributed by atoms with van der Waals surface area (Å²) < 4.78 is 5.60. The SMILES string of the molecule is CCC(C)Oc1ccc([PH-])cc1.[Li+]. The zero-order chi connectivity index (χ0) is 8.97. The fraction of sp³-hybridized carbons (Fsp3) is 0.400. The van der Waals surface area contributed by atoms with Crippen molar-refractivity contribution in [2.75, 3.05) is 0 Å². The van der Waals surface area contributed by atoms with Gasteiger partial charge in [0.2, 0.25) is 0 Å². The number of benzene rings is 1. The zero-order valence-corrected chi connectivity index (χ0v) is 9.50. The minimum Gasteiger partial charge on any atom is -0.525 e. The fourth-order valence-corrected chi connectivity index (χ4v) is 1.02. The van der Waals surface area contributed by atoms with Crippen LogP contribution >= 0.6 is 9.24 Å². The second-order valence-electron chi connectivity index (χ2n) is 2.86. The molecule has 13 heavy (non-hydrogen) atoms. The van der Waals surface area contributed by atoms with Crippen LogP contribution in [0.3, 0.4) is 0 Å². The van der Waals surface area contributed by atoms with Crippen LogP contribution in [-0.2, 0) is 0 Å². The van der Waals surface area contributed by atoms with E-state index in [1.807, 2.05) is 24.3 Å². The molecule has 1 aromatic carbocycles. The summed E-state index contributed by atoms with van der Waals surface area (Å²) in [5.41, 5.74) is 0. The molecule has 0 aliphatic heterocycles. The van der Waals surface area contributed by atoms with Gasteiger partial charge in [0.15, 0.2) is 0 Å². The van der Waals surface area contributed by atoms with Crippen molar-refractivity contribution in [2.24, 2.45) is 0 Å². The Labute approximate surface area is 94.6 Å². The van der Waals surface area contributed by atoms with Crippen molar-refractivity contribution in [3.63, 3.8) is 0 Å². The first-order chi connectivity index (χ1) is 5.72. The van der Waals surface area contributed by atoms with Crippen LogP contribution in [-0.4, -0.2) is 6.10 Å². The summed E-state index contributed by atoms with van der Waals surface area (Å²) in [6, 6.07) is 7.90. The average molecular weight is 188 g/mol. The Hall–Kier alpha value is 0.0474. The summed E-state index contributed by atoms with van der Waals surface area (Å²) in [4.78, 5) is 0. The minimum absolute atomic E-state index is 0. The van der Waals surface area contributed by atoms with Gasteiger partial charge in [-0.2, -0.15) is 0 Å². The topological polar surface area (TPSA) is 9.23 Å². The Bertz CT molecular complexity index is 235. The fourth-order valence-electron chi connectivity index (χ4n) is 0.849. The van der Waals surface area contributed by atoms with E-state index in [1.54, 1.807) is 0 Å². The molecule has 1 atom stereocenters. The Morgan fingerprint density at radius 2 is 1.85 bits per heavy atom. The van der Waals surface area contributed by atoms with Crippen LogP contribution < -0.4 is 28.9 Å². The van der Waals surface area contributed by atoms with E-state index >= 15 is 0 Å². The van der Waals surface area contributed by atoms with Crippen molar-refractivity contribution in [3.05, 3.63) is 24.3 Å². The van der Waals surface area contributed by atoms with Crippen molar-refractivity contribution in [1.29, 1.82) is 0 Å². The van der Waals surface area contributed by atoms with Crippen LogP contribution in [0, 0.1) is 0 Å². The number of hydrogen-bond acceptors (Lipinski definition) is 1. The van der Waals surface area contributed by atoms with Crippen LogP contribution in [0.15, 0.2) is 24.3 Å². The Morgan fingerprint density at radius 1 is 1.31 bits per heavy atom. The number of hydrogen-bond donors (Lipinski definition) is 0. The van der Waals surface area contributed by atoms with Crippen LogP contribution in [0.1, 0.15) is 20.3 Å². The maximum absolute atomic E-state index is 5.60. The maximum Gasteiger partial charge on any atom is 1.00 e. The first kappa shape index (κ1) is 13.0. The summed E-state index contributed by atoms with van der Waals surface area (Å²) in [6.45, 7) is 4.19. The van der Waals surface area contributed by atoms with E-state index in [9.17, 15) is 0 Å². The predicted octanol–water partition coefficient (Wildman–Crippen LogP) is -0.364. The molecular weight excluding hydrogens is 174 g/mol. The van der Waals surface area contributed by atoms with Crippen LogP contribution in [0.5, 0.6) is 5.75 Å². The molecular formula is C10H14LiOP. The van der Waals surface area contributed by atoms with Gasteiger partial charge < -0.3 is 14.0 Å². The van der Waals surface area contributed by atoms with Crippen molar-refractivity contribution in [2.45, 2.75) is 26.4 Å². The molecule has 0 saturated heterocycles. The second-order valence-corrected chi connectivity index (χ2v) is 3.44. The van der Waals surface area contributed by atoms with Gasteiger partial charge in [-0.3, -0.25) is 0 Å². The van der Waals surface area contributed by atoms with Gasteiger partial charge in [-0.1, -0.05) is 19.1 Å². The zero-order valence-electron chi connectivity index (χ0n) is 8.50. The summed E-state index contributed by atoms with van der Waals surface area (Å²) in [7, 11) is 3.42. The van der Waals surface area contributed by atoms with Gasteiger partial charge in [0.05, 0.1) is 6.10 Å². The van der Waals surface area contributed by atoms with E-state index in [0.29, 0.717) is 6.10 Å². The van der Waals surface area contributed by atoms with E-state index in [0.717, 1.165) is 17.5 Å². The first-order valence-electron chi connectivity index (χ1n) is 4.20. The molecule has 1 nitrogen and oxygen atoms in total. The van der Waals surface area contributed by atoms with E-state index < -0.39 is 0 Å². The van der Waals surface area contributed by atoms with E-state index in [1.165, 1.54) is 0 Å². The van der Waals surface area contributed by atoms with Gasteiger partial charge in [-0.25, -0.2) is 5.30 Å². The van der Waals surface area contributed by atoms with Crippen molar-refractivity contribution in [3.8, 4) is 5.75 Å². The van der Waals surface area contributed by atoms with E-state index in [4.69, 9.17) is 4.74 Å². The molecule has 0 heterocycles. The molecule has 1 rings (SSSR count). The molecule has 0 fully saturated rings. The third kappa shape index (κ3) is 4.72. The molecule has 0 aromatic heterocycles. The smallest absolute Gasteiger partial charge is 0.525 e. The van der Waals surface area contributed by atoms with Gasteiger partial charge in [0, 0.05) is 0 Å². The van der Waals surface area contributed by atoms with E-state index in [-0.39, 0.29) is 18.9 Å². The molecule has 1 unspecified atom stereocenters. The molecule has 0 aliphatic carbocycles. The molecule has 3 heteroatoms. The predicted molar refractivity (Wildman–Crippen MR) is 54.8 cm³/mol. The van der Waals surface area contributed by atoms with Gasteiger partial charge in [-0.15, -0.1) is 0 Å². The average Bonchev–Trinajstić information content (AvgIpc) is 2.09. The normalized spacial score (nSPS) is 11.6. The van der Waals surface area contributed by atoms with Gasteiger partial charge in [0.25, 0.3) is 0 Å². The molecule has 0 N–H and O–H groups in total. The Kier molecular flexibility index (Phi) is 6.52. The second kappa shape index (κ2) is 6.49. The molecule has 0 saturated carbocycles.